The minimum Gasteiger partial charge on any atom is -0.481 e. The first-order valence-corrected chi connectivity index (χ1v) is 14.3. The van der Waals surface area contributed by atoms with Crippen LogP contribution in [-0.2, 0) is 4.79 Å². The lowest BCUT2D eigenvalue weighted by molar-refractivity contribution is -0.137. The lowest BCUT2D eigenvalue weighted by Crippen LogP contribution is -1.93. The van der Waals surface area contributed by atoms with E-state index in [0.717, 1.165) is 12.8 Å². The van der Waals surface area contributed by atoms with Gasteiger partial charge in [-0.25, -0.2) is 0 Å². The maximum atomic E-state index is 10.4. The van der Waals surface area contributed by atoms with Crippen molar-refractivity contribution in [3.05, 3.63) is 24.3 Å². The van der Waals surface area contributed by atoms with Gasteiger partial charge in [-0.1, -0.05) is 134 Å². The monoisotopic (exact) mass is 448 g/mol. The van der Waals surface area contributed by atoms with Crippen LogP contribution in [0.2, 0.25) is 0 Å². The van der Waals surface area contributed by atoms with E-state index in [2.05, 4.69) is 31.2 Å². The molecule has 2 heteroatoms. The summed E-state index contributed by atoms with van der Waals surface area (Å²) in [7, 11) is 0. The lowest BCUT2D eigenvalue weighted by atomic mass is 10.0. The summed E-state index contributed by atoms with van der Waals surface area (Å²) in [5, 5.41) is 8.60. The Balaban J connectivity index is 3.12. The Hall–Kier alpha value is -1.05. The van der Waals surface area contributed by atoms with Gasteiger partial charge in [-0.2, -0.15) is 0 Å². The molecule has 0 rings (SSSR count). The molecule has 0 spiro atoms. The zero-order chi connectivity index (χ0) is 23.4. The zero-order valence-electron chi connectivity index (χ0n) is 21.6. The van der Waals surface area contributed by atoms with Crippen molar-refractivity contribution in [2.24, 2.45) is 0 Å². The van der Waals surface area contributed by atoms with E-state index in [1.807, 2.05) is 0 Å². The molecular weight excluding hydrogens is 392 g/mol. The first kappa shape index (κ1) is 30.9. The van der Waals surface area contributed by atoms with Crippen molar-refractivity contribution < 1.29 is 9.90 Å². The van der Waals surface area contributed by atoms with Crippen molar-refractivity contribution in [3.63, 3.8) is 0 Å². The van der Waals surface area contributed by atoms with Gasteiger partial charge in [0.25, 0.3) is 0 Å². The van der Waals surface area contributed by atoms with Crippen molar-refractivity contribution in [2.45, 2.75) is 161 Å². The van der Waals surface area contributed by atoms with Crippen LogP contribution in [0.4, 0.5) is 0 Å². The van der Waals surface area contributed by atoms with Gasteiger partial charge in [-0.3, -0.25) is 4.79 Å². The van der Waals surface area contributed by atoms with Crippen LogP contribution in [-0.4, -0.2) is 11.1 Å². The minimum absolute atomic E-state index is 0.342. The molecule has 0 aliphatic heterocycles. The number of aliphatic carboxylic acids is 1. The van der Waals surface area contributed by atoms with Gasteiger partial charge in [0.1, 0.15) is 0 Å². The quantitative estimate of drug-likeness (QED) is 0.105. The molecule has 0 aliphatic carbocycles. The summed E-state index contributed by atoms with van der Waals surface area (Å²) in [6.45, 7) is 2.27. The van der Waals surface area contributed by atoms with Gasteiger partial charge in [0.15, 0.2) is 0 Å². The fourth-order valence-electron chi connectivity index (χ4n) is 4.19. The third-order valence-electron chi connectivity index (χ3n) is 6.32. The number of carbonyl (C=O) groups is 1. The third-order valence-corrected chi connectivity index (χ3v) is 6.32. The van der Waals surface area contributed by atoms with Crippen LogP contribution < -0.4 is 0 Å². The maximum Gasteiger partial charge on any atom is 0.303 e. The van der Waals surface area contributed by atoms with Crippen LogP contribution in [0.5, 0.6) is 0 Å². The molecule has 0 fully saturated rings. The van der Waals surface area contributed by atoms with Gasteiger partial charge in [-0.05, 0) is 44.9 Å². The smallest absolute Gasteiger partial charge is 0.303 e. The number of hydrogen-bond acceptors (Lipinski definition) is 1. The van der Waals surface area contributed by atoms with Gasteiger partial charge in [-0.15, -0.1) is 0 Å². The average molecular weight is 449 g/mol. The van der Waals surface area contributed by atoms with Gasteiger partial charge in [0.2, 0.25) is 0 Å². The first-order valence-electron chi connectivity index (χ1n) is 14.3. The summed E-state index contributed by atoms with van der Waals surface area (Å²) >= 11 is 0. The highest BCUT2D eigenvalue weighted by molar-refractivity contribution is 5.66. The number of carboxylic acids is 1. The second-order valence-electron chi connectivity index (χ2n) is 9.61. The van der Waals surface area contributed by atoms with Crippen LogP contribution in [0, 0.1) is 0 Å². The Morgan fingerprint density at radius 3 is 1.16 bits per heavy atom. The van der Waals surface area contributed by atoms with E-state index < -0.39 is 5.97 Å². The number of unbranched alkanes of at least 4 members (excludes halogenated alkanes) is 20. The molecule has 0 aromatic rings. The van der Waals surface area contributed by atoms with Crippen LogP contribution in [0.1, 0.15) is 161 Å². The van der Waals surface area contributed by atoms with E-state index in [1.54, 1.807) is 0 Å². The van der Waals surface area contributed by atoms with Crippen LogP contribution in [0.15, 0.2) is 24.3 Å². The summed E-state index contributed by atoms with van der Waals surface area (Å²) in [4.78, 5) is 10.4. The van der Waals surface area contributed by atoms with E-state index in [1.165, 1.54) is 135 Å². The van der Waals surface area contributed by atoms with Crippen LogP contribution in [0.25, 0.3) is 0 Å². The molecule has 0 amide bonds. The van der Waals surface area contributed by atoms with E-state index in [4.69, 9.17) is 5.11 Å². The van der Waals surface area contributed by atoms with E-state index in [9.17, 15) is 4.79 Å². The van der Waals surface area contributed by atoms with Gasteiger partial charge in [0.05, 0.1) is 0 Å². The van der Waals surface area contributed by atoms with Crippen molar-refractivity contribution in [1.82, 2.24) is 0 Å². The maximum absolute atomic E-state index is 10.4. The number of allylic oxidation sites excluding steroid dienone is 4. The molecule has 0 atom stereocenters. The molecular formula is C30H56O2. The standard InChI is InChI=1S/C30H56O2/c1-2-3-4-5-6-7-8-9-10-11-12-13-14-15-16-17-18-19-20-21-22-23-24-25-26-27-28-29-30(31)32/h7-8,11-12H,2-6,9-10,13-29H2,1H3,(H,31,32)/b8-7+,12-11+. The fraction of sp³-hybridized carbons (Fsp3) is 0.833. The summed E-state index contributed by atoms with van der Waals surface area (Å²) < 4.78 is 0. The molecule has 0 aromatic carbocycles. The second-order valence-corrected chi connectivity index (χ2v) is 9.61. The van der Waals surface area contributed by atoms with Crippen molar-refractivity contribution in [2.75, 3.05) is 0 Å². The molecule has 188 valence electrons. The Bertz CT molecular complexity index is 425. The second kappa shape index (κ2) is 28.0. The lowest BCUT2D eigenvalue weighted by Gasteiger charge is -2.03. The van der Waals surface area contributed by atoms with Gasteiger partial charge >= 0.3 is 5.97 Å². The largest absolute Gasteiger partial charge is 0.481 e. The van der Waals surface area contributed by atoms with Crippen molar-refractivity contribution in [3.8, 4) is 0 Å². The third kappa shape index (κ3) is 28.9. The highest BCUT2D eigenvalue weighted by Gasteiger charge is 1.97. The predicted octanol–water partition coefficient (Wildman–Crippen LogP) is 10.6. The van der Waals surface area contributed by atoms with E-state index in [0.29, 0.717) is 6.42 Å². The highest BCUT2D eigenvalue weighted by Crippen LogP contribution is 2.14. The van der Waals surface area contributed by atoms with E-state index >= 15 is 0 Å². The molecule has 0 heterocycles. The summed E-state index contributed by atoms with van der Waals surface area (Å²) in [6, 6.07) is 0. The summed E-state index contributed by atoms with van der Waals surface area (Å²) in [5.74, 6) is -0.653. The summed E-state index contributed by atoms with van der Waals surface area (Å²) in [5.41, 5.74) is 0. The Morgan fingerprint density at radius 1 is 0.469 bits per heavy atom. The first-order chi connectivity index (χ1) is 15.8. The average Bonchev–Trinajstić information content (AvgIpc) is 2.78. The molecule has 0 bridgehead atoms. The molecule has 1 N–H and O–H groups in total. The molecule has 32 heavy (non-hydrogen) atoms. The topological polar surface area (TPSA) is 37.3 Å². The fourth-order valence-corrected chi connectivity index (χ4v) is 4.19. The van der Waals surface area contributed by atoms with Crippen molar-refractivity contribution >= 4 is 5.97 Å². The number of carboxylic acid groups (broad SMARTS) is 1. The van der Waals surface area contributed by atoms with E-state index in [-0.39, 0.29) is 0 Å². The molecule has 0 aromatic heterocycles. The highest BCUT2D eigenvalue weighted by atomic mass is 16.4. The zero-order valence-corrected chi connectivity index (χ0v) is 21.6. The molecule has 0 unspecified atom stereocenters. The Labute approximate surface area is 201 Å². The van der Waals surface area contributed by atoms with Gasteiger partial charge < -0.3 is 5.11 Å². The SMILES string of the molecule is CCCCCC/C=C/CC/C=C/CCCCCCCCCCCCCCCCCC(=O)O. The van der Waals surface area contributed by atoms with Crippen LogP contribution in [0.3, 0.4) is 0 Å². The number of hydrogen-bond donors (Lipinski definition) is 1. The number of rotatable bonds is 26. The molecule has 0 saturated carbocycles. The van der Waals surface area contributed by atoms with Crippen molar-refractivity contribution in [1.29, 1.82) is 0 Å². The minimum atomic E-state index is -0.653. The molecule has 0 radical (unpaired) electrons. The molecule has 0 saturated heterocycles. The molecule has 2 nitrogen and oxygen atoms in total. The predicted molar refractivity (Wildman–Crippen MR) is 142 cm³/mol. The summed E-state index contributed by atoms with van der Waals surface area (Å²) in [6.07, 6.45) is 40.0. The van der Waals surface area contributed by atoms with Gasteiger partial charge in [0, 0.05) is 6.42 Å². The Kier molecular flexibility index (Phi) is 27.1. The molecule has 0 aliphatic rings. The van der Waals surface area contributed by atoms with Crippen LogP contribution >= 0.6 is 0 Å². The normalized spacial score (nSPS) is 11.8. The Morgan fingerprint density at radius 2 is 0.781 bits per heavy atom.